The number of hydrogen-bond acceptors (Lipinski definition) is 4. The van der Waals surface area contributed by atoms with Crippen LogP contribution < -0.4 is 15.4 Å². The van der Waals surface area contributed by atoms with Crippen LogP contribution in [0.1, 0.15) is 25.5 Å². The number of carbonyl (C=O) groups excluding carboxylic acids is 1. The van der Waals surface area contributed by atoms with Crippen LogP contribution in [0.25, 0.3) is 0 Å². The van der Waals surface area contributed by atoms with Crippen LogP contribution >= 0.6 is 0 Å². The summed E-state index contributed by atoms with van der Waals surface area (Å²) in [5.41, 5.74) is 1.31. The maximum atomic E-state index is 11.1. The quantitative estimate of drug-likeness (QED) is 0.713. The van der Waals surface area contributed by atoms with E-state index < -0.39 is 6.10 Å². The Kier molecular flexibility index (Phi) is 5.61. The molecular formula is C13H20N2O3. The van der Waals surface area contributed by atoms with E-state index in [1.54, 1.807) is 25.2 Å². The first-order valence-electron chi connectivity index (χ1n) is 5.95. The molecule has 0 radical (unpaired) electrons. The lowest BCUT2D eigenvalue weighted by atomic mass is 10.1. The molecular weight excluding hydrogens is 232 g/mol. The van der Waals surface area contributed by atoms with Crippen LogP contribution in [0.4, 0.5) is 5.69 Å². The SMILES string of the molecule is CCOc1ccc(C(O)CNC)cc1NC(C)=O. The molecule has 0 bridgehead atoms. The van der Waals surface area contributed by atoms with Crippen molar-refractivity contribution < 1.29 is 14.6 Å². The van der Waals surface area contributed by atoms with Gasteiger partial charge in [0.2, 0.25) is 5.91 Å². The number of aliphatic hydroxyl groups excluding tert-OH is 1. The summed E-state index contributed by atoms with van der Waals surface area (Å²) in [6.07, 6.45) is -0.613. The molecule has 1 aromatic carbocycles. The van der Waals surface area contributed by atoms with E-state index in [-0.39, 0.29) is 5.91 Å². The molecule has 0 aliphatic heterocycles. The molecule has 1 rings (SSSR count). The summed E-state index contributed by atoms with van der Waals surface area (Å²) in [5, 5.41) is 15.5. The highest BCUT2D eigenvalue weighted by Crippen LogP contribution is 2.28. The van der Waals surface area contributed by atoms with Crippen molar-refractivity contribution >= 4 is 11.6 Å². The number of anilines is 1. The Balaban J connectivity index is 2.99. The molecule has 0 aliphatic carbocycles. The van der Waals surface area contributed by atoms with Gasteiger partial charge in [-0.05, 0) is 31.7 Å². The first-order chi connectivity index (χ1) is 8.58. The van der Waals surface area contributed by atoms with Crippen molar-refractivity contribution in [3.8, 4) is 5.75 Å². The molecule has 1 atom stereocenters. The minimum absolute atomic E-state index is 0.170. The van der Waals surface area contributed by atoms with Crippen LogP contribution in [-0.4, -0.2) is 31.2 Å². The number of aliphatic hydroxyl groups is 1. The van der Waals surface area contributed by atoms with Crippen LogP contribution in [-0.2, 0) is 4.79 Å². The van der Waals surface area contributed by atoms with Crippen molar-refractivity contribution in [1.29, 1.82) is 0 Å². The van der Waals surface area contributed by atoms with Crippen molar-refractivity contribution in [1.82, 2.24) is 5.32 Å². The molecule has 0 aliphatic rings. The highest BCUT2D eigenvalue weighted by Gasteiger charge is 2.11. The van der Waals surface area contributed by atoms with E-state index in [9.17, 15) is 9.90 Å². The summed E-state index contributed by atoms with van der Waals surface area (Å²) in [4.78, 5) is 11.1. The number of benzene rings is 1. The summed E-state index contributed by atoms with van der Waals surface area (Å²) in [6, 6.07) is 5.27. The molecule has 5 nitrogen and oxygen atoms in total. The second kappa shape index (κ2) is 6.98. The lowest BCUT2D eigenvalue weighted by Crippen LogP contribution is -2.17. The first-order valence-corrected chi connectivity index (χ1v) is 5.95. The Labute approximate surface area is 107 Å². The highest BCUT2D eigenvalue weighted by molar-refractivity contribution is 5.90. The van der Waals surface area contributed by atoms with Crippen molar-refractivity contribution in [2.24, 2.45) is 0 Å². The van der Waals surface area contributed by atoms with E-state index in [0.29, 0.717) is 24.6 Å². The van der Waals surface area contributed by atoms with Crippen molar-refractivity contribution in [3.63, 3.8) is 0 Å². The van der Waals surface area contributed by atoms with Crippen LogP contribution in [0.2, 0.25) is 0 Å². The first kappa shape index (κ1) is 14.5. The van der Waals surface area contributed by atoms with Crippen molar-refractivity contribution in [2.75, 3.05) is 25.5 Å². The normalized spacial score (nSPS) is 12.0. The molecule has 0 saturated carbocycles. The zero-order valence-corrected chi connectivity index (χ0v) is 11.0. The maximum absolute atomic E-state index is 11.1. The molecule has 1 amide bonds. The number of carbonyl (C=O) groups is 1. The molecule has 5 heteroatoms. The molecule has 0 heterocycles. The summed E-state index contributed by atoms with van der Waals surface area (Å²) < 4.78 is 5.42. The number of nitrogens with one attached hydrogen (secondary N) is 2. The Morgan fingerprint density at radius 3 is 2.78 bits per heavy atom. The third kappa shape index (κ3) is 4.01. The predicted molar refractivity (Wildman–Crippen MR) is 70.8 cm³/mol. The minimum Gasteiger partial charge on any atom is -0.492 e. The fourth-order valence-electron chi connectivity index (χ4n) is 1.63. The summed E-state index contributed by atoms with van der Waals surface area (Å²) in [5.74, 6) is 0.435. The van der Waals surface area contributed by atoms with Gasteiger partial charge in [-0.25, -0.2) is 0 Å². The summed E-state index contributed by atoms with van der Waals surface area (Å²) >= 11 is 0. The number of rotatable bonds is 6. The largest absolute Gasteiger partial charge is 0.492 e. The van der Waals surface area contributed by atoms with E-state index in [0.717, 1.165) is 5.56 Å². The third-order valence-electron chi connectivity index (χ3n) is 2.40. The Bertz CT molecular complexity index is 407. The van der Waals surface area contributed by atoms with Gasteiger partial charge in [0.15, 0.2) is 0 Å². The van der Waals surface area contributed by atoms with E-state index in [1.165, 1.54) is 6.92 Å². The van der Waals surface area contributed by atoms with E-state index in [1.807, 2.05) is 6.92 Å². The molecule has 0 spiro atoms. The predicted octanol–water partition coefficient (Wildman–Crippen LogP) is 1.30. The van der Waals surface area contributed by atoms with Crippen molar-refractivity contribution in [2.45, 2.75) is 20.0 Å². The fraction of sp³-hybridized carbons (Fsp3) is 0.462. The smallest absolute Gasteiger partial charge is 0.221 e. The zero-order valence-electron chi connectivity index (χ0n) is 11.0. The van der Waals surface area contributed by atoms with Crippen LogP contribution in [0, 0.1) is 0 Å². The standard InChI is InChI=1S/C13H20N2O3/c1-4-18-13-6-5-10(12(17)8-14-3)7-11(13)15-9(2)16/h5-7,12,14,17H,4,8H2,1-3H3,(H,15,16). The van der Waals surface area contributed by atoms with Crippen LogP contribution in [0.15, 0.2) is 18.2 Å². The van der Waals surface area contributed by atoms with Gasteiger partial charge in [0.1, 0.15) is 5.75 Å². The van der Waals surface area contributed by atoms with E-state index >= 15 is 0 Å². The molecule has 1 unspecified atom stereocenters. The van der Waals surface area contributed by atoms with Gasteiger partial charge < -0.3 is 20.5 Å². The molecule has 18 heavy (non-hydrogen) atoms. The molecule has 3 N–H and O–H groups in total. The third-order valence-corrected chi connectivity index (χ3v) is 2.40. The lowest BCUT2D eigenvalue weighted by molar-refractivity contribution is -0.114. The number of hydrogen-bond donors (Lipinski definition) is 3. The van der Waals surface area contributed by atoms with Crippen LogP contribution in [0.5, 0.6) is 5.75 Å². The summed E-state index contributed by atoms with van der Waals surface area (Å²) in [7, 11) is 1.77. The topological polar surface area (TPSA) is 70.6 Å². The van der Waals surface area contributed by atoms with Crippen molar-refractivity contribution in [3.05, 3.63) is 23.8 Å². The molecule has 100 valence electrons. The van der Waals surface area contributed by atoms with Gasteiger partial charge in [0.25, 0.3) is 0 Å². The average Bonchev–Trinajstić information content (AvgIpc) is 2.31. The van der Waals surface area contributed by atoms with Gasteiger partial charge in [-0.1, -0.05) is 6.07 Å². The van der Waals surface area contributed by atoms with Gasteiger partial charge >= 0.3 is 0 Å². The number of amides is 1. The van der Waals surface area contributed by atoms with Gasteiger partial charge in [-0.3, -0.25) is 4.79 Å². The van der Waals surface area contributed by atoms with Gasteiger partial charge in [-0.2, -0.15) is 0 Å². The van der Waals surface area contributed by atoms with Gasteiger partial charge in [0, 0.05) is 13.5 Å². The molecule has 0 fully saturated rings. The van der Waals surface area contributed by atoms with E-state index in [4.69, 9.17) is 4.74 Å². The van der Waals surface area contributed by atoms with Gasteiger partial charge in [-0.15, -0.1) is 0 Å². The number of likely N-dealkylation sites (N-methyl/N-ethyl adjacent to an activating group) is 1. The average molecular weight is 252 g/mol. The second-order valence-corrected chi connectivity index (χ2v) is 3.94. The Hall–Kier alpha value is -1.59. The Morgan fingerprint density at radius 1 is 1.50 bits per heavy atom. The zero-order chi connectivity index (χ0) is 13.5. The van der Waals surface area contributed by atoms with Gasteiger partial charge in [0.05, 0.1) is 18.4 Å². The molecule has 1 aromatic rings. The monoisotopic (exact) mass is 252 g/mol. The minimum atomic E-state index is -0.613. The van der Waals surface area contributed by atoms with Crippen LogP contribution in [0.3, 0.4) is 0 Å². The fourth-order valence-corrected chi connectivity index (χ4v) is 1.63. The lowest BCUT2D eigenvalue weighted by Gasteiger charge is -2.15. The highest BCUT2D eigenvalue weighted by atomic mass is 16.5. The Morgan fingerprint density at radius 2 is 2.22 bits per heavy atom. The molecule has 0 aromatic heterocycles. The molecule has 0 saturated heterocycles. The van der Waals surface area contributed by atoms with E-state index in [2.05, 4.69) is 10.6 Å². The summed E-state index contributed by atoms with van der Waals surface area (Å²) in [6.45, 7) is 4.28. The second-order valence-electron chi connectivity index (χ2n) is 3.94. The maximum Gasteiger partial charge on any atom is 0.221 e. The number of ether oxygens (including phenoxy) is 1.